The molecule has 3 N–H and O–H groups in total. The van der Waals surface area contributed by atoms with E-state index in [9.17, 15) is 27.2 Å². The topological polar surface area (TPSA) is 134 Å². The van der Waals surface area contributed by atoms with Crippen LogP contribution in [0.1, 0.15) is 68.9 Å². The highest BCUT2D eigenvalue weighted by Crippen LogP contribution is 2.25. The van der Waals surface area contributed by atoms with Crippen molar-refractivity contribution < 1.29 is 31.9 Å². The standard InChI is InChI=1S/C30H40ClFN4O6S/c1-19(2)16-25(28(38)33-13-7-14-34-43(40,41)26-11-10-21(32)17-24(26)31)35-27(37)23-9-6-8-20-18-36(15-12-22(20)23)29(39)42-30(3,4)5/h6,8-11,17,19,25,34H,7,12-16,18H2,1-5H3,(H,33,38)(H,35,37)/t25-/m0/s1. The van der Waals surface area contributed by atoms with E-state index < -0.39 is 33.6 Å². The third-order valence-corrected chi connectivity index (χ3v) is 8.56. The van der Waals surface area contributed by atoms with Gasteiger partial charge in [-0.15, -0.1) is 0 Å². The number of fused-ring (bicyclic) bond motifs is 1. The maximum atomic E-state index is 13.4. The van der Waals surface area contributed by atoms with Crippen molar-refractivity contribution in [3.8, 4) is 0 Å². The Kier molecular flexibility index (Phi) is 11.6. The summed E-state index contributed by atoms with van der Waals surface area (Å²) < 4.78 is 46.1. The maximum Gasteiger partial charge on any atom is 0.410 e. The van der Waals surface area contributed by atoms with E-state index >= 15 is 0 Å². The molecule has 13 heteroatoms. The van der Waals surface area contributed by atoms with Gasteiger partial charge in [0.2, 0.25) is 15.9 Å². The molecule has 1 aliphatic rings. The van der Waals surface area contributed by atoms with Crippen molar-refractivity contribution in [2.45, 2.75) is 77.0 Å². The van der Waals surface area contributed by atoms with Crippen LogP contribution >= 0.6 is 11.6 Å². The van der Waals surface area contributed by atoms with Gasteiger partial charge in [-0.25, -0.2) is 22.3 Å². The Labute approximate surface area is 257 Å². The molecule has 2 aromatic rings. The minimum Gasteiger partial charge on any atom is -0.444 e. The lowest BCUT2D eigenvalue weighted by atomic mass is 9.93. The Morgan fingerprint density at radius 1 is 1.12 bits per heavy atom. The highest BCUT2D eigenvalue weighted by molar-refractivity contribution is 7.89. The third-order valence-electron chi connectivity index (χ3n) is 6.62. The van der Waals surface area contributed by atoms with Gasteiger partial charge in [0.1, 0.15) is 22.4 Å². The molecule has 0 saturated heterocycles. The molecule has 10 nitrogen and oxygen atoms in total. The maximum absolute atomic E-state index is 13.4. The fraction of sp³-hybridized carbons (Fsp3) is 0.500. The van der Waals surface area contributed by atoms with Gasteiger partial charge in [0.15, 0.2) is 0 Å². The van der Waals surface area contributed by atoms with Crippen LogP contribution in [-0.2, 0) is 32.5 Å². The van der Waals surface area contributed by atoms with E-state index in [-0.39, 0.29) is 47.2 Å². The van der Waals surface area contributed by atoms with Crippen LogP contribution in [0.3, 0.4) is 0 Å². The number of amides is 3. The monoisotopic (exact) mass is 638 g/mol. The molecule has 43 heavy (non-hydrogen) atoms. The minimum absolute atomic E-state index is 0.00793. The summed E-state index contributed by atoms with van der Waals surface area (Å²) in [5, 5.41) is 5.40. The number of rotatable bonds is 11. The molecule has 3 amide bonds. The van der Waals surface area contributed by atoms with Crippen LogP contribution in [0.4, 0.5) is 9.18 Å². The van der Waals surface area contributed by atoms with E-state index in [4.69, 9.17) is 16.3 Å². The predicted molar refractivity (Wildman–Crippen MR) is 162 cm³/mol. The Hall–Kier alpha value is -3.22. The van der Waals surface area contributed by atoms with Crippen LogP contribution in [0.25, 0.3) is 0 Å². The van der Waals surface area contributed by atoms with Crippen LogP contribution in [0.5, 0.6) is 0 Å². The van der Waals surface area contributed by atoms with Gasteiger partial charge in [-0.3, -0.25) is 9.59 Å². The van der Waals surface area contributed by atoms with Crippen molar-refractivity contribution in [2.24, 2.45) is 5.92 Å². The van der Waals surface area contributed by atoms with Crippen LogP contribution in [0, 0.1) is 11.7 Å². The zero-order chi connectivity index (χ0) is 31.9. The van der Waals surface area contributed by atoms with Crippen molar-refractivity contribution >= 4 is 39.5 Å². The lowest BCUT2D eigenvalue weighted by molar-refractivity contribution is -0.123. The summed E-state index contributed by atoms with van der Waals surface area (Å²) >= 11 is 5.87. The van der Waals surface area contributed by atoms with E-state index in [1.54, 1.807) is 17.0 Å². The van der Waals surface area contributed by atoms with Gasteiger partial charge in [-0.05, 0) is 81.3 Å². The van der Waals surface area contributed by atoms with Crippen LogP contribution in [-0.4, -0.2) is 62.5 Å². The number of nitrogens with zero attached hydrogens (tertiary/aromatic N) is 1. The van der Waals surface area contributed by atoms with Crippen LogP contribution < -0.4 is 15.4 Å². The molecule has 0 aliphatic carbocycles. The number of carbonyl (C=O) groups excluding carboxylic acids is 3. The molecular weight excluding hydrogens is 599 g/mol. The summed E-state index contributed by atoms with van der Waals surface area (Å²) in [6.07, 6.45) is 0.730. The molecule has 0 radical (unpaired) electrons. The number of nitrogens with one attached hydrogen (secondary N) is 3. The summed E-state index contributed by atoms with van der Waals surface area (Å²) in [6.45, 7) is 10.2. The number of hydrogen-bond acceptors (Lipinski definition) is 6. The Morgan fingerprint density at radius 3 is 2.49 bits per heavy atom. The van der Waals surface area contributed by atoms with Gasteiger partial charge in [-0.2, -0.15) is 0 Å². The number of ether oxygens (including phenoxy) is 1. The van der Waals surface area contributed by atoms with E-state index in [2.05, 4.69) is 15.4 Å². The number of carbonyl (C=O) groups is 3. The van der Waals surface area contributed by atoms with Crippen molar-refractivity contribution in [1.82, 2.24) is 20.3 Å². The van der Waals surface area contributed by atoms with Gasteiger partial charge in [0, 0.05) is 31.7 Å². The highest BCUT2D eigenvalue weighted by Gasteiger charge is 2.29. The molecule has 2 aromatic carbocycles. The minimum atomic E-state index is -3.96. The van der Waals surface area contributed by atoms with Crippen LogP contribution in [0.2, 0.25) is 5.02 Å². The Morgan fingerprint density at radius 2 is 1.84 bits per heavy atom. The predicted octanol–water partition coefficient (Wildman–Crippen LogP) is 4.40. The SMILES string of the molecule is CC(C)C[C@H](NC(=O)c1cccc2c1CCN(C(=O)OC(C)(C)C)C2)C(=O)NCCCNS(=O)(=O)c1ccc(F)cc1Cl. The first kappa shape index (κ1) is 34.3. The van der Waals surface area contributed by atoms with Crippen LogP contribution in [0.15, 0.2) is 41.3 Å². The quantitative estimate of drug-likeness (QED) is 0.313. The number of benzene rings is 2. The average Bonchev–Trinajstić information content (AvgIpc) is 2.90. The van der Waals surface area contributed by atoms with Gasteiger partial charge < -0.3 is 20.3 Å². The van der Waals surface area contributed by atoms with E-state index in [1.165, 1.54) is 0 Å². The molecule has 236 valence electrons. The van der Waals surface area contributed by atoms with Gasteiger partial charge in [0.25, 0.3) is 5.91 Å². The second kappa shape index (κ2) is 14.5. The molecule has 0 saturated carbocycles. The third kappa shape index (κ3) is 9.90. The lowest BCUT2D eigenvalue weighted by Crippen LogP contribution is -2.48. The van der Waals surface area contributed by atoms with Gasteiger partial charge >= 0.3 is 6.09 Å². The molecule has 1 atom stereocenters. The number of sulfonamides is 1. The second-order valence-corrected chi connectivity index (χ2v) is 14.0. The molecule has 0 fully saturated rings. The zero-order valence-electron chi connectivity index (χ0n) is 25.1. The molecule has 0 bridgehead atoms. The molecule has 0 spiro atoms. The van der Waals surface area contributed by atoms with E-state index in [0.29, 0.717) is 31.5 Å². The first-order valence-electron chi connectivity index (χ1n) is 14.2. The molecule has 0 unspecified atom stereocenters. The normalized spacial score (nSPS) is 14.2. The highest BCUT2D eigenvalue weighted by atomic mass is 35.5. The largest absolute Gasteiger partial charge is 0.444 e. The fourth-order valence-electron chi connectivity index (χ4n) is 4.64. The molecular formula is C30H40ClFN4O6S. The fourth-order valence-corrected chi connectivity index (χ4v) is 6.25. The van der Waals surface area contributed by atoms with Crippen molar-refractivity contribution in [3.63, 3.8) is 0 Å². The molecule has 0 aromatic heterocycles. The number of hydrogen-bond donors (Lipinski definition) is 3. The number of halogens is 2. The van der Waals surface area contributed by atoms with E-state index in [1.807, 2.05) is 40.7 Å². The summed E-state index contributed by atoms with van der Waals surface area (Å²) in [6, 6.07) is 7.55. The molecule has 3 rings (SSSR count). The Bertz CT molecular complexity index is 1440. The molecule has 1 heterocycles. The zero-order valence-corrected chi connectivity index (χ0v) is 26.7. The summed E-state index contributed by atoms with van der Waals surface area (Å²) in [4.78, 5) is 40.4. The average molecular weight is 639 g/mol. The van der Waals surface area contributed by atoms with Crippen molar-refractivity contribution in [2.75, 3.05) is 19.6 Å². The van der Waals surface area contributed by atoms with E-state index in [0.717, 1.165) is 29.3 Å². The van der Waals surface area contributed by atoms with Crippen molar-refractivity contribution in [3.05, 3.63) is 63.9 Å². The Balaban J connectivity index is 1.58. The second-order valence-electron chi connectivity index (χ2n) is 11.9. The first-order valence-corrected chi connectivity index (χ1v) is 16.1. The van der Waals surface area contributed by atoms with Crippen molar-refractivity contribution in [1.29, 1.82) is 0 Å². The molecule has 1 aliphatic heterocycles. The lowest BCUT2D eigenvalue weighted by Gasteiger charge is -2.32. The smallest absolute Gasteiger partial charge is 0.410 e. The summed E-state index contributed by atoms with van der Waals surface area (Å²) in [5.74, 6) is -1.30. The summed E-state index contributed by atoms with van der Waals surface area (Å²) in [7, 11) is -3.96. The first-order chi connectivity index (χ1) is 20.1. The van der Waals surface area contributed by atoms with Gasteiger partial charge in [0.05, 0.1) is 5.02 Å². The van der Waals surface area contributed by atoms with Gasteiger partial charge in [-0.1, -0.05) is 37.6 Å². The summed E-state index contributed by atoms with van der Waals surface area (Å²) in [5.41, 5.74) is 1.52.